The van der Waals surface area contributed by atoms with E-state index < -0.39 is 0 Å². The lowest BCUT2D eigenvalue weighted by atomic mass is 10.1. The van der Waals surface area contributed by atoms with E-state index in [1.807, 2.05) is 6.07 Å². The van der Waals surface area contributed by atoms with Gasteiger partial charge in [0.25, 0.3) is 0 Å². The van der Waals surface area contributed by atoms with Gasteiger partial charge in [-0.3, -0.25) is 9.67 Å². The molecule has 0 amide bonds. The number of nitrogens with one attached hydrogen (secondary N) is 1. The highest BCUT2D eigenvalue weighted by Gasteiger charge is 2.18. The summed E-state index contributed by atoms with van der Waals surface area (Å²) < 4.78 is 8.98. The highest BCUT2D eigenvalue weighted by molar-refractivity contribution is 9.10. The van der Waals surface area contributed by atoms with Crippen LogP contribution < -0.4 is 4.74 Å². The molecule has 0 fully saturated rings. The van der Waals surface area contributed by atoms with Gasteiger partial charge in [0.2, 0.25) is 0 Å². The van der Waals surface area contributed by atoms with Gasteiger partial charge in [-0.15, -0.1) is 0 Å². The number of aliphatic hydroxyl groups excluding tert-OH is 1. The second-order valence-electron chi connectivity index (χ2n) is 4.34. The van der Waals surface area contributed by atoms with Crippen molar-refractivity contribution in [1.82, 2.24) is 14.8 Å². The zero-order valence-corrected chi connectivity index (χ0v) is 12.4. The van der Waals surface area contributed by atoms with Gasteiger partial charge in [-0.2, -0.15) is 5.10 Å². The molecule has 0 unspecified atom stereocenters. The number of hydrogen-bond acceptors (Lipinski definition) is 4. The lowest BCUT2D eigenvalue weighted by Crippen LogP contribution is -2.06. The monoisotopic (exact) mass is 341 g/mol. The van der Waals surface area contributed by atoms with E-state index in [2.05, 4.69) is 32.2 Å². The quantitative estimate of drug-likeness (QED) is 0.840. The number of benzene rings is 1. The van der Waals surface area contributed by atoms with Crippen molar-refractivity contribution in [3.05, 3.63) is 38.3 Å². The van der Waals surface area contributed by atoms with Crippen molar-refractivity contribution in [2.75, 3.05) is 6.61 Å². The van der Waals surface area contributed by atoms with Crippen LogP contribution in [-0.4, -0.2) is 26.5 Å². The minimum Gasteiger partial charge on any atom is -0.493 e. The van der Waals surface area contributed by atoms with Crippen LogP contribution in [0.15, 0.2) is 16.6 Å². The molecule has 0 radical (unpaired) electrons. The largest absolute Gasteiger partial charge is 0.493 e. The number of H-pyrrole nitrogens is 1. The molecule has 0 spiro atoms. The van der Waals surface area contributed by atoms with E-state index in [9.17, 15) is 5.11 Å². The molecule has 2 heterocycles. The summed E-state index contributed by atoms with van der Waals surface area (Å²) in [5.74, 6) is 1.45. The van der Waals surface area contributed by atoms with Crippen molar-refractivity contribution in [3.8, 4) is 5.75 Å². The van der Waals surface area contributed by atoms with Crippen molar-refractivity contribution < 1.29 is 9.84 Å². The Labute approximate surface area is 123 Å². The van der Waals surface area contributed by atoms with Gasteiger partial charge in [0.1, 0.15) is 12.4 Å². The number of aromatic amines is 1. The zero-order chi connectivity index (χ0) is 13.4. The summed E-state index contributed by atoms with van der Waals surface area (Å²) in [5, 5.41) is 16.0. The summed E-state index contributed by atoms with van der Waals surface area (Å²) in [4.78, 5) is 0. The van der Waals surface area contributed by atoms with Crippen LogP contribution in [0.1, 0.15) is 17.0 Å². The van der Waals surface area contributed by atoms with Gasteiger partial charge < -0.3 is 9.84 Å². The fraction of sp³-hybridized carbons (Fsp3) is 0.333. The molecule has 1 aromatic heterocycles. The third-order valence-corrected chi connectivity index (χ3v) is 3.90. The molecule has 0 aliphatic carbocycles. The Bertz CT molecular complexity index is 680. The maximum Gasteiger partial charge on any atom is 0.195 e. The van der Waals surface area contributed by atoms with Crippen LogP contribution in [0.5, 0.6) is 5.75 Å². The van der Waals surface area contributed by atoms with Crippen molar-refractivity contribution in [2.24, 2.45) is 0 Å². The molecular weight excluding hydrogens is 330 g/mol. The average molecular weight is 342 g/mol. The van der Waals surface area contributed by atoms with Crippen LogP contribution in [0.4, 0.5) is 0 Å². The number of hydrogen-bond donors (Lipinski definition) is 2. The molecule has 100 valence electrons. The molecule has 1 aliphatic heterocycles. The molecule has 5 nitrogen and oxygen atoms in total. The Hall–Kier alpha value is -1.18. The summed E-state index contributed by atoms with van der Waals surface area (Å²) in [6.45, 7) is 1.10. The number of rotatable bonds is 3. The number of aromatic nitrogens is 3. The summed E-state index contributed by atoms with van der Waals surface area (Å²) in [6.07, 6.45) is 0.922. The molecule has 3 rings (SSSR count). The van der Waals surface area contributed by atoms with Gasteiger partial charge in [0.05, 0.1) is 13.2 Å². The number of ether oxygens (including phenoxy) is 1. The normalized spacial score (nSPS) is 13.4. The average Bonchev–Trinajstić information content (AvgIpc) is 2.97. The van der Waals surface area contributed by atoms with Gasteiger partial charge in [-0.1, -0.05) is 15.9 Å². The van der Waals surface area contributed by atoms with Crippen LogP contribution in [-0.2, 0) is 19.6 Å². The van der Waals surface area contributed by atoms with Gasteiger partial charge in [0, 0.05) is 16.5 Å². The predicted octanol–water partition coefficient (Wildman–Crippen LogP) is 2.18. The smallest absolute Gasteiger partial charge is 0.195 e. The number of aliphatic hydroxyl groups is 1. The van der Waals surface area contributed by atoms with Crippen molar-refractivity contribution >= 4 is 28.1 Å². The maximum atomic E-state index is 9.27. The van der Waals surface area contributed by atoms with Crippen LogP contribution in [0.25, 0.3) is 0 Å². The maximum absolute atomic E-state index is 9.27. The molecule has 0 saturated heterocycles. The van der Waals surface area contributed by atoms with E-state index in [1.54, 1.807) is 4.57 Å². The van der Waals surface area contributed by atoms with Crippen molar-refractivity contribution in [1.29, 1.82) is 0 Å². The highest BCUT2D eigenvalue weighted by atomic mass is 79.9. The Morgan fingerprint density at radius 3 is 3.16 bits per heavy atom. The number of nitrogens with zero attached hydrogens (tertiary/aromatic N) is 2. The Kier molecular flexibility index (Phi) is 3.42. The molecule has 2 aromatic rings. The summed E-state index contributed by atoms with van der Waals surface area (Å²) in [6, 6.07) is 4.09. The van der Waals surface area contributed by atoms with Crippen LogP contribution in [0.3, 0.4) is 0 Å². The molecule has 1 aliphatic rings. The third-order valence-electron chi connectivity index (χ3n) is 3.13. The van der Waals surface area contributed by atoms with E-state index in [1.165, 1.54) is 5.56 Å². The SMILES string of the molecule is OCc1n[nH]c(=S)n1Cc1cc(Br)cc2c1OCC2. The van der Waals surface area contributed by atoms with E-state index in [0.29, 0.717) is 23.7 Å². The molecule has 0 atom stereocenters. The second kappa shape index (κ2) is 5.07. The number of fused-ring (bicyclic) bond motifs is 1. The van der Waals surface area contributed by atoms with Crippen LogP contribution in [0, 0.1) is 4.77 Å². The molecular formula is C12H12BrN3O2S. The van der Waals surface area contributed by atoms with E-state index >= 15 is 0 Å². The summed E-state index contributed by atoms with van der Waals surface area (Å²) in [7, 11) is 0. The fourth-order valence-electron chi connectivity index (χ4n) is 2.27. The standard InChI is InChI=1S/C12H12BrN3O2S/c13-9-3-7-1-2-18-11(7)8(4-9)5-16-10(6-17)14-15-12(16)19/h3-4,17H,1-2,5-6H2,(H,15,19). The Balaban J connectivity index is 2.04. The summed E-state index contributed by atoms with van der Waals surface area (Å²) >= 11 is 8.69. The topological polar surface area (TPSA) is 63.1 Å². The lowest BCUT2D eigenvalue weighted by molar-refractivity contribution is 0.265. The predicted molar refractivity (Wildman–Crippen MR) is 75.8 cm³/mol. The Morgan fingerprint density at radius 1 is 1.53 bits per heavy atom. The molecule has 0 bridgehead atoms. The van der Waals surface area contributed by atoms with Gasteiger partial charge in [-0.25, -0.2) is 0 Å². The molecule has 7 heteroatoms. The van der Waals surface area contributed by atoms with Gasteiger partial charge >= 0.3 is 0 Å². The van der Waals surface area contributed by atoms with Crippen LogP contribution >= 0.6 is 28.1 Å². The van der Waals surface area contributed by atoms with Crippen molar-refractivity contribution in [3.63, 3.8) is 0 Å². The van der Waals surface area contributed by atoms with Crippen LogP contribution in [0.2, 0.25) is 0 Å². The molecule has 19 heavy (non-hydrogen) atoms. The second-order valence-corrected chi connectivity index (χ2v) is 5.64. The first-order chi connectivity index (χ1) is 9.19. The summed E-state index contributed by atoms with van der Waals surface area (Å²) in [5.41, 5.74) is 2.24. The highest BCUT2D eigenvalue weighted by Crippen LogP contribution is 2.33. The van der Waals surface area contributed by atoms with Gasteiger partial charge in [-0.05, 0) is 29.9 Å². The fourth-order valence-corrected chi connectivity index (χ4v) is 3.04. The first kappa shape index (κ1) is 12.8. The first-order valence-electron chi connectivity index (χ1n) is 5.88. The van der Waals surface area contributed by atoms with Crippen molar-refractivity contribution in [2.45, 2.75) is 19.6 Å². The van der Waals surface area contributed by atoms with E-state index in [0.717, 1.165) is 22.2 Å². The van der Waals surface area contributed by atoms with Gasteiger partial charge in [0.15, 0.2) is 10.6 Å². The molecule has 0 saturated carbocycles. The minimum atomic E-state index is -0.149. The number of halogens is 1. The lowest BCUT2D eigenvalue weighted by Gasteiger charge is -2.10. The first-order valence-corrected chi connectivity index (χ1v) is 7.08. The van der Waals surface area contributed by atoms with E-state index in [4.69, 9.17) is 17.0 Å². The Morgan fingerprint density at radius 2 is 2.37 bits per heavy atom. The minimum absolute atomic E-state index is 0.149. The van der Waals surface area contributed by atoms with E-state index in [-0.39, 0.29) is 6.61 Å². The molecule has 1 aromatic carbocycles. The third kappa shape index (κ3) is 2.33. The zero-order valence-electron chi connectivity index (χ0n) is 10.0. The molecule has 2 N–H and O–H groups in total.